The molecule has 0 bridgehead atoms. The highest BCUT2D eigenvalue weighted by molar-refractivity contribution is 6.30. The molecule has 0 atom stereocenters. The van der Waals surface area contributed by atoms with Crippen LogP contribution in [0.5, 0.6) is 11.5 Å². The lowest BCUT2D eigenvalue weighted by Crippen LogP contribution is -1.90. The zero-order chi connectivity index (χ0) is 13.0. The zero-order valence-electron chi connectivity index (χ0n) is 9.34. The molecule has 2 rings (SSSR count). The van der Waals surface area contributed by atoms with Crippen molar-refractivity contribution in [2.75, 3.05) is 5.43 Å². The van der Waals surface area contributed by atoms with Crippen molar-refractivity contribution in [3.05, 3.63) is 53.1 Å². The van der Waals surface area contributed by atoms with E-state index in [0.29, 0.717) is 10.6 Å². The second-order valence-corrected chi connectivity index (χ2v) is 4.06. The summed E-state index contributed by atoms with van der Waals surface area (Å²) in [5.74, 6) is -0.0286. The molecule has 0 aliphatic heterocycles. The fourth-order valence-corrected chi connectivity index (χ4v) is 1.57. The SMILES string of the molecule is Oc1ccc(C=NNc2cccc(Cl)c2)c(O)c1. The number of benzene rings is 2. The lowest BCUT2D eigenvalue weighted by molar-refractivity contribution is 0.450. The van der Waals surface area contributed by atoms with E-state index in [9.17, 15) is 5.11 Å². The topological polar surface area (TPSA) is 64.9 Å². The van der Waals surface area contributed by atoms with Gasteiger partial charge in [-0.1, -0.05) is 17.7 Å². The van der Waals surface area contributed by atoms with Gasteiger partial charge in [0, 0.05) is 16.7 Å². The molecule has 0 heterocycles. The van der Waals surface area contributed by atoms with Crippen molar-refractivity contribution in [2.45, 2.75) is 0 Å². The fourth-order valence-electron chi connectivity index (χ4n) is 1.38. The summed E-state index contributed by atoms with van der Waals surface area (Å²) in [7, 11) is 0. The van der Waals surface area contributed by atoms with Crippen LogP contribution in [-0.2, 0) is 0 Å². The Morgan fingerprint density at radius 1 is 1.11 bits per heavy atom. The van der Waals surface area contributed by atoms with Gasteiger partial charge in [-0.05, 0) is 30.3 Å². The van der Waals surface area contributed by atoms with Crippen molar-refractivity contribution in [2.24, 2.45) is 5.10 Å². The fraction of sp³-hybridized carbons (Fsp3) is 0. The molecule has 0 aliphatic rings. The molecule has 0 amide bonds. The van der Waals surface area contributed by atoms with Crippen LogP contribution in [0.1, 0.15) is 5.56 Å². The standard InChI is InChI=1S/C13H11ClN2O2/c14-10-2-1-3-11(6-10)16-15-8-9-4-5-12(17)7-13(9)18/h1-8,16-18H. The third-order valence-electron chi connectivity index (χ3n) is 2.24. The monoisotopic (exact) mass is 262 g/mol. The van der Waals surface area contributed by atoms with E-state index in [4.69, 9.17) is 16.7 Å². The summed E-state index contributed by atoms with van der Waals surface area (Å²) in [5.41, 5.74) is 4.04. The van der Waals surface area contributed by atoms with Crippen molar-refractivity contribution >= 4 is 23.5 Å². The minimum absolute atomic E-state index is 0.00690. The minimum Gasteiger partial charge on any atom is -0.508 e. The number of rotatable bonds is 3. The molecular formula is C13H11ClN2O2. The number of hydrogen-bond donors (Lipinski definition) is 3. The van der Waals surface area contributed by atoms with E-state index in [2.05, 4.69) is 10.5 Å². The number of phenolic OH excluding ortho intramolecular Hbond substituents is 2. The predicted molar refractivity (Wildman–Crippen MR) is 72.4 cm³/mol. The molecule has 0 spiro atoms. The van der Waals surface area contributed by atoms with Gasteiger partial charge in [-0.3, -0.25) is 5.43 Å². The molecule has 0 radical (unpaired) electrons. The maximum atomic E-state index is 9.53. The van der Waals surface area contributed by atoms with Crippen molar-refractivity contribution in [3.8, 4) is 11.5 Å². The van der Waals surface area contributed by atoms with E-state index >= 15 is 0 Å². The Kier molecular flexibility index (Phi) is 3.69. The Bertz CT molecular complexity index is 585. The Morgan fingerprint density at radius 3 is 2.67 bits per heavy atom. The largest absolute Gasteiger partial charge is 0.508 e. The molecule has 0 aliphatic carbocycles. The second-order valence-electron chi connectivity index (χ2n) is 3.62. The predicted octanol–water partition coefficient (Wildman–Crippen LogP) is 3.20. The van der Waals surface area contributed by atoms with Gasteiger partial charge in [0.2, 0.25) is 0 Å². The van der Waals surface area contributed by atoms with Crippen LogP contribution in [0.15, 0.2) is 47.6 Å². The molecule has 5 heteroatoms. The van der Waals surface area contributed by atoms with Crippen LogP contribution < -0.4 is 5.43 Å². The molecule has 0 aromatic heterocycles. The van der Waals surface area contributed by atoms with Gasteiger partial charge in [0.15, 0.2) is 0 Å². The zero-order valence-corrected chi connectivity index (χ0v) is 10.1. The molecule has 0 unspecified atom stereocenters. The Hall–Kier alpha value is -2.20. The summed E-state index contributed by atoms with van der Waals surface area (Å²) >= 11 is 5.82. The van der Waals surface area contributed by atoms with Crippen molar-refractivity contribution in [1.82, 2.24) is 0 Å². The number of hydrazone groups is 1. The molecular weight excluding hydrogens is 252 g/mol. The van der Waals surface area contributed by atoms with Crippen molar-refractivity contribution in [1.29, 1.82) is 0 Å². The maximum Gasteiger partial charge on any atom is 0.128 e. The molecule has 4 nitrogen and oxygen atoms in total. The first-order valence-electron chi connectivity index (χ1n) is 5.22. The van der Waals surface area contributed by atoms with Crippen LogP contribution >= 0.6 is 11.6 Å². The van der Waals surface area contributed by atoms with E-state index in [0.717, 1.165) is 5.69 Å². The van der Waals surface area contributed by atoms with Crippen molar-refractivity contribution < 1.29 is 10.2 Å². The number of phenols is 2. The van der Waals surface area contributed by atoms with E-state index in [1.54, 1.807) is 24.3 Å². The lowest BCUT2D eigenvalue weighted by atomic mass is 10.2. The van der Waals surface area contributed by atoms with Crippen LogP contribution in [0.3, 0.4) is 0 Å². The number of halogens is 1. The summed E-state index contributed by atoms with van der Waals surface area (Å²) in [6.45, 7) is 0. The highest BCUT2D eigenvalue weighted by atomic mass is 35.5. The third-order valence-corrected chi connectivity index (χ3v) is 2.47. The van der Waals surface area contributed by atoms with Gasteiger partial charge in [0.1, 0.15) is 11.5 Å². The van der Waals surface area contributed by atoms with Gasteiger partial charge in [-0.25, -0.2) is 0 Å². The number of aromatic hydroxyl groups is 2. The highest BCUT2D eigenvalue weighted by Crippen LogP contribution is 2.21. The molecule has 2 aromatic rings. The average Bonchev–Trinajstić information content (AvgIpc) is 2.32. The van der Waals surface area contributed by atoms with Gasteiger partial charge < -0.3 is 10.2 Å². The maximum absolute atomic E-state index is 9.53. The van der Waals surface area contributed by atoms with Crippen LogP contribution in [-0.4, -0.2) is 16.4 Å². The number of hydrogen-bond acceptors (Lipinski definition) is 4. The number of nitrogens with zero attached hydrogens (tertiary/aromatic N) is 1. The molecule has 18 heavy (non-hydrogen) atoms. The Labute approximate surface area is 109 Å². The van der Waals surface area contributed by atoms with E-state index < -0.39 is 0 Å². The Morgan fingerprint density at radius 2 is 1.94 bits per heavy atom. The smallest absolute Gasteiger partial charge is 0.128 e. The average molecular weight is 263 g/mol. The van der Waals surface area contributed by atoms with Crippen LogP contribution in [0.4, 0.5) is 5.69 Å². The van der Waals surface area contributed by atoms with Gasteiger partial charge in [-0.2, -0.15) is 5.10 Å². The highest BCUT2D eigenvalue weighted by Gasteiger charge is 1.98. The van der Waals surface area contributed by atoms with Gasteiger partial charge >= 0.3 is 0 Å². The lowest BCUT2D eigenvalue weighted by Gasteiger charge is -2.01. The van der Waals surface area contributed by atoms with Gasteiger partial charge in [-0.15, -0.1) is 0 Å². The first-order chi connectivity index (χ1) is 8.65. The summed E-state index contributed by atoms with van der Waals surface area (Å²) < 4.78 is 0. The normalized spacial score (nSPS) is 10.7. The van der Waals surface area contributed by atoms with Crippen LogP contribution in [0, 0.1) is 0 Å². The van der Waals surface area contributed by atoms with Crippen LogP contribution in [0.25, 0.3) is 0 Å². The summed E-state index contributed by atoms with van der Waals surface area (Å²) in [5, 5.41) is 23.3. The summed E-state index contributed by atoms with van der Waals surface area (Å²) in [6, 6.07) is 11.4. The third kappa shape index (κ3) is 3.15. The molecule has 0 fully saturated rings. The first-order valence-corrected chi connectivity index (χ1v) is 5.59. The van der Waals surface area contributed by atoms with E-state index in [-0.39, 0.29) is 11.5 Å². The van der Waals surface area contributed by atoms with Crippen molar-refractivity contribution in [3.63, 3.8) is 0 Å². The molecule has 2 aromatic carbocycles. The van der Waals surface area contributed by atoms with Gasteiger partial charge in [0.05, 0.1) is 11.9 Å². The number of nitrogens with one attached hydrogen (secondary N) is 1. The van der Waals surface area contributed by atoms with Gasteiger partial charge in [0.25, 0.3) is 0 Å². The quantitative estimate of drug-likeness (QED) is 0.588. The summed E-state index contributed by atoms with van der Waals surface area (Å²) in [4.78, 5) is 0. The Balaban J connectivity index is 2.07. The minimum atomic E-state index is -0.0355. The molecule has 92 valence electrons. The molecule has 0 saturated heterocycles. The molecule has 0 saturated carbocycles. The second kappa shape index (κ2) is 5.42. The first kappa shape index (κ1) is 12.3. The van der Waals surface area contributed by atoms with Crippen LogP contribution in [0.2, 0.25) is 5.02 Å². The number of anilines is 1. The summed E-state index contributed by atoms with van der Waals surface area (Å²) in [6.07, 6.45) is 1.45. The van der Waals surface area contributed by atoms with E-state index in [1.807, 2.05) is 6.07 Å². The van der Waals surface area contributed by atoms with E-state index in [1.165, 1.54) is 18.3 Å². The molecule has 3 N–H and O–H groups in total.